The van der Waals surface area contributed by atoms with Crippen LogP contribution in [0.3, 0.4) is 0 Å². The van der Waals surface area contributed by atoms with Crippen molar-refractivity contribution in [3.8, 4) is 0 Å². The molecule has 32 heavy (non-hydrogen) atoms. The molecule has 2 unspecified atom stereocenters. The highest BCUT2D eigenvalue weighted by molar-refractivity contribution is 8.01. The summed E-state index contributed by atoms with van der Waals surface area (Å²) < 4.78 is 15.4. The summed E-state index contributed by atoms with van der Waals surface area (Å²) in [4.78, 5) is 26.6. The lowest BCUT2D eigenvalue weighted by Crippen LogP contribution is -2.32. The minimum atomic E-state index is -1.41. The third-order valence-electron chi connectivity index (χ3n) is 4.93. The highest BCUT2D eigenvalue weighted by atomic mass is 32.2. The fourth-order valence-corrected chi connectivity index (χ4v) is 5.19. The van der Waals surface area contributed by atoms with Gasteiger partial charge in [-0.05, 0) is 60.5 Å². The molecule has 3 aromatic carbocycles. The molecule has 1 heterocycles. The first kappa shape index (κ1) is 22.1. The van der Waals surface area contributed by atoms with Crippen LogP contribution in [-0.2, 0) is 15.8 Å². The number of hydrogen-bond acceptors (Lipinski definition) is 4. The Morgan fingerprint density at radius 1 is 1.00 bits per heavy atom. The van der Waals surface area contributed by atoms with E-state index in [2.05, 4.69) is 15.4 Å². The number of fused-ring (bicyclic) bond motifs is 1. The van der Waals surface area contributed by atoms with Crippen molar-refractivity contribution in [1.82, 2.24) is 0 Å². The average molecular weight is 466 g/mol. The van der Waals surface area contributed by atoms with Crippen molar-refractivity contribution in [2.75, 3.05) is 15.4 Å². The number of amides is 2. The maximum atomic E-state index is 12.7. The quantitative estimate of drug-likeness (QED) is 0.470. The van der Waals surface area contributed by atoms with Crippen molar-refractivity contribution in [2.45, 2.75) is 28.9 Å². The SMILES string of the molecule is CC(C)C1Sc2ccc(C(=O)Nc3ccc(S(=O)Nc4ccccc4)cc3)cc2NC1=O. The zero-order chi connectivity index (χ0) is 22.7. The van der Waals surface area contributed by atoms with Gasteiger partial charge >= 0.3 is 0 Å². The smallest absolute Gasteiger partial charge is 0.255 e. The van der Waals surface area contributed by atoms with Crippen LogP contribution in [0.2, 0.25) is 0 Å². The third kappa shape index (κ3) is 5.03. The monoisotopic (exact) mass is 465 g/mol. The predicted octanol–water partition coefficient (Wildman–Crippen LogP) is 5.14. The molecule has 2 amide bonds. The minimum Gasteiger partial charge on any atom is -0.324 e. The molecule has 0 radical (unpaired) electrons. The molecule has 2 atom stereocenters. The summed E-state index contributed by atoms with van der Waals surface area (Å²) in [5.74, 6) is -0.103. The summed E-state index contributed by atoms with van der Waals surface area (Å²) in [7, 11) is -1.41. The molecule has 6 nitrogen and oxygen atoms in total. The van der Waals surface area contributed by atoms with Gasteiger partial charge in [0.2, 0.25) is 5.91 Å². The van der Waals surface area contributed by atoms with E-state index in [4.69, 9.17) is 0 Å². The largest absolute Gasteiger partial charge is 0.324 e. The second-order valence-electron chi connectivity index (χ2n) is 7.70. The Kier molecular flexibility index (Phi) is 6.62. The number of para-hydroxylation sites is 1. The van der Waals surface area contributed by atoms with Crippen LogP contribution >= 0.6 is 11.8 Å². The van der Waals surface area contributed by atoms with Crippen molar-refractivity contribution >= 4 is 51.6 Å². The number of nitrogens with one attached hydrogen (secondary N) is 3. The fourth-order valence-electron chi connectivity index (χ4n) is 3.24. The van der Waals surface area contributed by atoms with E-state index in [0.717, 1.165) is 10.6 Å². The highest BCUT2D eigenvalue weighted by Crippen LogP contribution is 2.39. The van der Waals surface area contributed by atoms with Gasteiger partial charge in [-0.25, -0.2) is 4.21 Å². The fraction of sp³-hybridized carbons (Fsp3) is 0.167. The minimum absolute atomic E-state index is 0.0391. The molecule has 8 heteroatoms. The van der Waals surface area contributed by atoms with Gasteiger partial charge in [-0.15, -0.1) is 11.8 Å². The number of rotatable bonds is 6. The molecule has 3 aromatic rings. The van der Waals surface area contributed by atoms with Gasteiger partial charge in [0.15, 0.2) is 0 Å². The number of carbonyl (C=O) groups excluding carboxylic acids is 2. The molecule has 1 aliphatic heterocycles. The number of hydrogen-bond donors (Lipinski definition) is 3. The number of benzene rings is 3. The van der Waals surface area contributed by atoms with E-state index in [0.29, 0.717) is 21.8 Å². The predicted molar refractivity (Wildman–Crippen MR) is 130 cm³/mol. The molecule has 0 fully saturated rings. The molecule has 0 aliphatic carbocycles. The summed E-state index contributed by atoms with van der Waals surface area (Å²) in [6.07, 6.45) is 0. The van der Waals surface area contributed by atoms with Crippen LogP contribution in [0.25, 0.3) is 0 Å². The molecule has 0 saturated heterocycles. The second kappa shape index (κ2) is 9.58. The molecule has 3 N–H and O–H groups in total. The Morgan fingerprint density at radius 3 is 2.41 bits per heavy atom. The van der Waals surface area contributed by atoms with Gasteiger partial charge < -0.3 is 15.4 Å². The molecule has 0 aromatic heterocycles. The summed E-state index contributed by atoms with van der Waals surface area (Å²) in [6.45, 7) is 4.03. The Bertz CT molecular complexity index is 1160. The molecular weight excluding hydrogens is 442 g/mol. The van der Waals surface area contributed by atoms with E-state index in [1.165, 1.54) is 11.8 Å². The number of anilines is 3. The van der Waals surface area contributed by atoms with Crippen LogP contribution in [0.5, 0.6) is 0 Å². The Balaban J connectivity index is 1.42. The standard InChI is InChI=1S/C24H23N3O3S2/c1-15(2)22-24(29)26-20-14-16(8-13-21(20)31-22)23(28)25-17-9-11-19(12-10-17)32(30)27-18-6-4-3-5-7-18/h3-15,22,27H,1-2H3,(H,25,28)(H,26,29). The molecular formula is C24H23N3O3S2. The van der Waals surface area contributed by atoms with Gasteiger partial charge in [-0.2, -0.15) is 0 Å². The van der Waals surface area contributed by atoms with Gasteiger partial charge in [-0.1, -0.05) is 32.0 Å². The summed E-state index contributed by atoms with van der Waals surface area (Å²) >= 11 is 1.52. The normalized spacial score (nSPS) is 16.1. The Morgan fingerprint density at radius 2 is 1.72 bits per heavy atom. The van der Waals surface area contributed by atoms with E-state index >= 15 is 0 Å². The topological polar surface area (TPSA) is 87.3 Å². The maximum Gasteiger partial charge on any atom is 0.255 e. The summed E-state index contributed by atoms with van der Waals surface area (Å²) in [5.41, 5.74) is 2.46. The van der Waals surface area contributed by atoms with Gasteiger partial charge in [-0.3, -0.25) is 9.59 Å². The van der Waals surface area contributed by atoms with Crippen LogP contribution in [0.1, 0.15) is 24.2 Å². The van der Waals surface area contributed by atoms with Crippen molar-refractivity contribution < 1.29 is 13.8 Å². The lowest BCUT2D eigenvalue weighted by Gasteiger charge is -2.26. The van der Waals surface area contributed by atoms with Crippen molar-refractivity contribution in [2.24, 2.45) is 5.92 Å². The van der Waals surface area contributed by atoms with Gasteiger partial charge in [0, 0.05) is 21.8 Å². The average Bonchev–Trinajstić information content (AvgIpc) is 2.79. The van der Waals surface area contributed by atoms with Crippen molar-refractivity contribution in [3.05, 3.63) is 78.4 Å². The molecule has 0 saturated carbocycles. The molecule has 0 spiro atoms. The van der Waals surface area contributed by atoms with Crippen LogP contribution in [0, 0.1) is 5.92 Å². The number of thioether (sulfide) groups is 1. The Labute approximate surface area is 193 Å². The van der Waals surface area contributed by atoms with Gasteiger partial charge in [0.25, 0.3) is 5.91 Å². The molecule has 0 bridgehead atoms. The van der Waals surface area contributed by atoms with Gasteiger partial charge in [0.05, 0.1) is 15.8 Å². The molecule has 1 aliphatic rings. The van der Waals surface area contributed by atoms with Crippen LogP contribution in [0.4, 0.5) is 17.1 Å². The second-order valence-corrected chi connectivity index (χ2v) is 10.1. The third-order valence-corrected chi connectivity index (χ3v) is 7.67. The van der Waals surface area contributed by atoms with Crippen LogP contribution in [0.15, 0.2) is 82.6 Å². The van der Waals surface area contributed by atoms with Gasteiger partial charge in [0.1, 0.15) is 11.0 Å². The van der Waals surface area contributed by atoms with Crippen molar-refractivity contribution in [3.63, 3.8) is 0 Å². The maximum absolute atomic E-state index is 12.7. The first-order valence-electron chi connectivity index (χ1n) is 10.2. The van der Waals surface area contributed by atoms with E-state index in [9.17, 15) is 13.8 Å². The zero-order valence-corrected chi connectivity index (χ0v) is 19.3. The Hall–Kier alpha value is -3.10. The highest BCUT2D eigenvalue weighted by Gasteiger charge is 2.29. The van der Waals surface area contributed by atoms with Crippen LogP contribution in [-0.4, -0.2) is 21.3 Å². The number of carbonyl (C=O) groups is 2. The lowest BCUT2D eigenvalue weighted by atomic mass is 10.1. The van der Waals surface area contributed by atoms with E-state index in [-0.39, 0.29) is 23.0 Å². The molecule has 4 rings (SSSR count). The first-order valence-corrected chi connectivity index (χ1v) is 12.2. The van der Waals surface area contributed by atoms with Crippen LogP contribution < -0.4 is 15.4 Å². The summed E-state index contributed by atoms with van der Waals surface area (Å²) in [5, 5.41) is 5.61. The van der Waals surface area contributed by atoms with E-state index in [1.807, 2.05) is 50.2 Å². The lowest BCUT2D eigenvalue weighted by molar-refractivity contribution is -0.116. The summed E-state index contributed by atoms with van der Waals surface area (Å²) in [6, 6.07) is 21.5. The van der Waals surface area contributed by atoms with Crippen molar-refractivity contribution in [1.29, 1.82) is 0 Å². The van der Waals surface area contributed by atoms with E-state index < -0.39 is 11.0 Å². The first-order chi connectivity index (χ1) is 15.4. The zero-order valence-electron chi connectivity index (χ0n) is 17.6. The molecule has 164 valence electrons. The van der Waals surface area contributed by atoms with E-state index in [1.54, 1.807) is 36.4 Å².